The van der Waals surface area contributed by atoms with E-state index >= 15 is 0 Å². The van der Waals surface area contributed by atoms with Crippen LogP contribution in [0.2, 0.25) is 0 Å². The average molecular weight is 427 g/mol. The largest absolute Gasteiger partial charge is 0.450 e. The van der Waals surface area contributed by atoms with Gasteiger partial charge in [0.05, 0.1) is 6.61 Å². The number of nitrogens with zero attached hydrogens (tertiary/aromatic N) is 3. The third kappa shape index (κ3) is 6.95. The van der Waals surface area contributed by atoms with Crippen molar-refractivity contribution in [2.45, 2.75) is 33.2 Å². The fraction of sp³-hybridized carbons (Fsp3) is 0.650. The Morgan fingerprint density at radius 2 is 1.72 bits per heavy atom. The van der Waals surface area contributed by atoms with Crippen LogP contribution in [0.4, 0.5) is 4.79 Å². The van der Waals surface area contributed by atoms with Gasteiger partial charge >= 0.3 is 6.09 Å². The van der Waals surface area contributed by atoms with E-state index in [1.54, 1.807) is 11.8 Å². The molecule has 1 unspecified atom stereocenters. The lowest BCUT2D eigenvalue weighted by Crippen LogP contribution is -2.55. The molecule has 8 nitrogen and oxygen atoms in total. The van der Waals surface area contributed by atoms with E-state index in [0.717, 1.165) is 19.5 Å². The van der Waals surface area contributed by atoms with Gasteiger partial charge in [-0.25, -0.2) is 9.52 Å². The lowest BCUT2D eigenvalue weighted by molar-refractivity contribution is 0.0931. The minimum absolute atomic E-state index is 0.0722. The quantitative estimate of drug-likeness (QED) is 0.614. The Morgan fingerprint density at radius 3 is 2.28 bits per heavy atom. The van der Waals surface area contributed by atoms with Crippen molar-refractivity contribution in [1.82, 2.24) is 18.8 Å². The van der Waals surface area contributed by atoms with Crippen LogP contribution in [0.1, 0.15) is 26.3 Å². The Bertz CT molecular complexity index is 717. The number of hydrogen-bond acceptors (Lipinski definition) is 5. The number of ether oxygens (including phenoxy) is 1. The fourth-order valence-electron chi connectivity index (χ4n) is 3.58. The lowest BCUT2D eigenvalue weighted by atomic mass is 10.0. The Balaban J connectivity index is 1.95. The number of likely N-dealkylation sites (N-methyl/N-ethyl adjacent to an activating group) is 1. The maximum atomic E-state index is 12.8. The molecule has 164 valence electrons. The van der Waals surface area contributed by atoms with Crippen LogP contribution in [0.25, 0.3) is 0 Å². The molecule has 1 fully saturated rings. The summed E-state index contributed by atoms with van der Waals surface area (Å²) >= 11 is 0. The maximum Gasteiger partial charge on any atom is 0.409 e. The molecule has 0 aliphatic carbocycles. The van der Waals surface area contributed by atoms with Gasteiger partial charge in [-0.05, 0) is 32.0 Å². The van der Waals surface area contributed by atoms with Crippen molar-refractivity contribution in [1.29, 1.82) is 0 Å². The van der Waals surface area contributed by atoms with E-state index in [9.17, 15) is 13.2 Å². The Hall–Kier alpha value is -1.68. The zero-order valence-corrected chi connectivity index (χ0v) is 18.5. The first-order valence-corrected chi connectivity index (χ1v) is 11.8. The highest BCUT2D eigenvalue weighted by atomic mass is 32.2. The van der Waals surface area contributed by atoms with E-state index in [2.05, 4.69) is 35.6 Å². The summed E-state index contributed by atoms with van der Waals surface area (Å²) in [4.78, 5) is 15.6. The van der Waals surface area contributed by atoms with Crippen molar-refractivity contribution in [3.05, 3.63) is 35.9 Å². The summed E-state index contributed by atoms with van der Waals surface area (Å²) in [6.07, 6.45) is 0.392. The molecule has 0 bridgehead atoms. The second-order valence-corrected chi connectivity index (χ2v) is 8.76. The molecule has 29 heavy (non-hydrogen) atoms. The summed E-state index contributed by atoms with van der Waals surface area (Å²) in [6.45, 7) is 9.50. The van der Waals surface area contributed by atoms with Crippen LogP contribution in [0, 0.1) is 0 Å². The molecule has 1 heterocycles. The number of piperazine rings is 1. The molecule has 1 aliphatic heterocycles. The van der Waals surface area contributed by atoms with E-state index in [-0.39, 0.29) is 25.2 Å². The number of carbonyl (C=O) groups excluding carboxylic acids is 1. The maximum absolute atomic E-state index is 12.8. The van der Waals surface area contributed by atoms with Gasteiger partial charge < -0.3 is 9.64 Å². The smallest absolute Gasteiger partial charge is 0.409 e. The molecule has 1 amide bonds. The Labute approximate surface area is 175 Å². The van der Waals surface area contributed by atoms with Gasteiger partial charge in [-0.1, -0.05) is 44.2 Å². The van der Waals surface area contributed by atoms with Crippen LogP contribution >= 0.6 is 0 Å². The predicted octanol–water partition coefficient (Wildman–Crippen LogP) is 1.55. The number of carbonyl (C=O) groups is 1. The number of amides is 1. The van der Waals surface area contributed by atoms with Crippen LogP contribution in [0.3, 0.4) is 0 Å². The molecule has 1 atom stereocenters. The van der Waals surface area contributed by atoms with Crippen LogP contribution in [0.15, 0.2) is 30.3 Å². The van der Waals surface area contributed by atoms with E-state index in [0.29, 0.717) is 26.2 Å². The SMILES string of the molecule is CCOC(=O)N1CCN(S(=O)(=O)NCC(Cc2ccccc2)N(CC)CC)CC1. The lowest BCUT2D eigenvalue weighted by Gasteiger charge is -2.34. The van der Waals surface area contributed by atoms with Crippen LogP contribution < -0.4 is 4.72 Å². The van der Waals surface area contributed by atoms with Crippen molar-refractivity contribution in [2.75, 3.05) is 52.4 Å². The summed E-state index contributed by atoms with van der Waals surface area (Å²) in [6, 6.07) is 10.2. The number of hydrogen-bond donors (Lipinski definition) is 1. The first kappa shape index (κ1) is 23.6. The number of nitrogens with one attached hydrogen (secondary N) is 1. The summed E-state index contributed by atoms with van der Waals surface area (Å²) in [5.41, 5.74) is 1.19. The molecule has 0 spiro atoms. The predicted molar refractivity (Wildman–Crippen MR) is 114 cm³/mol. The van der Waals surface area contributed by atoms with Crippen LogP contribution in [0.5, 0.6) is 0 Å². The minimum Gasteiger partial charge on any atom is -0.450 e. The van der Waals surface area contributed by atoms with E-state index in [1.165, 1.54) is 9.87 Å². The standard InChI is InChI=1S/C20H34N4O4S/c1-4-22(5-2)19(16-18-10-8-7-9-11-18)17-21-29(26,27)24-14-12-23(13-15-24)20(25)28-6-3/h7-11,19,21H,4-6,12-17H2,1-3H3. The number of benzene rings is 1. The second kappa shape index (κ2) is 11.5. The van der Waals surface area contributed by atoms with E-state index in [1.807, 2.05) is 18.2 Å². The average Bonchev–Trinajstić information content (AvgIpc) is 2.74. The molecule has 9 heteroatoms. The summed E-state index contributed by atoms with van der Waals surface area (Å²) in [7, 11) is -3.60. The van der Waals surface area contributed by atoms with Gasteiger partial charge in [-0.15, -0.1) is 0 Å². The zero-order chi connectivity index (χ0) is 21.3. The molecule has 0 radical (unpaired) electrons. The van der Waals surface area contributed by atoms with Gasteiger partial charge in [0.15, 0.2) is 0 Å². The van der Waals surface area contributed by atoms with E-state index < -0.39 is 10.2 Å². The van der Waals surface area contributed by atoms with E-state index in [4.69, 9.17) is 4.74 Å². The molecular weight excluding hydrogens is 392 g/mol. The van der Waals surface area contributed by atoms with Crippen molar-refractivity contribution >= 4 is 16.3 Å². The third-order valence-electron chi connectivity index (χ3n) is 5.25. The van der Waals surface area contributed by atoms with Crippen LogP contribution in [-0.2, 0) is 21.4 Å². The highest BCUT2D eigenvalue weighted by Gasteiger charge is 2.30. The van der Waals surface area contributed by atoms with Gasteiger partial charge in [0.2, 0.25) is 0 Å². The highest BCUT2D eigenvalue weighted by molar-refractivity contribution is 7.87. The van der Waals surface area contributed by atoms with Gasteiger partial charge in [0, 0.05) is 38.8 Å². The summed E-state index contributed by atoms with van der Waals surface area (Å²) < 4.78 is 34.8. The molecule has 1 aliphatic rings. The molecule has 2 rings (SSSR count). The summed E-state index contributed by atoms with van der Waals surface area (Å²) in [5, 5.41) is 0. The first-order chi connectivity index (χ1) is 13.9. The molecule has 0 aromatic heterocycles. The molecule has 1 N–H and O–H groups in total. The van der Waals surface area contributed by atoms with Crippen molar-refractivity contribution in [3.8, 4) is 0 Å². The fourth-order valence-corrected chi connectivity index (χ4v) is 4.80. The van der Waals surface area contributed by atoms with Crippen molar-refractivity contribution in [3.63, 3.8) is 0 Å². The van der Waals surface area contributed by atoms with Gasteiger partial charge in [0.1, 0.15) is 0 Å². The third-order valence-corrected chi connectivity index (χ3v) is 6.83. The minimum atomic E-state index is -3.60. The Morgan fingerprint density at radius 1 is 1.10 bits per heavy atom. The van der Waals surface area contributed by atoms with Crippen LogP contribution in [-0.4, -0.2) is 87.1 Å². The van der Waals surface area contributed by atoms with Gasteiger partial charge in [0.25, 0.3) is 10.2 Å². The summed E-state index contributed by atoms with van der Waals surface area (Å²) in [5.74, 6) is 0. The second-order valence-electron chi connectivity index (χ2n) is 7.00. The molecule has 1 saturated heterocycles. The topological polar surface area (TPSA) is 82.2 Å². The normalized spacial score (nSPS) is 16.8. The number of rotatable bonds is 10. The van der Waals surface area contributed by atoms with Crippen molar-refractivity contribution in [2.24, 2.45) is 0 Å². The molecule has 1 aromatic carbocycles. The molecular formula is C20H34N4O4S. The first-order valence-electron chi connectivity index (χ1n) is 10.4. The molecule has 0 saturated carbocycles. The van der Waals surface area contributed by atoms with Crippen molar-refractivity contribution < 1.29 is 17.9 Å². The van der Waals surface area contributed by atoms with Gasteiger partial charge in [-0.3, -0.25) is 4.90 Å². The zero-order valence-electron chi connectivity index (χ0n) is 17.7. The highest BCUT2D eigenvalue weighted by Crippen LogP contribution is 2.11. The molecule has 1 aromatic rings. The monoisotopic (exact) mass is 426 g/mol. The Kier molecular flexibility index (Phi) is 9.35. The van der Waals surface area contributed by atoms with Gasteiger partial charge in [-0.2, -0.15) is 12.7 Å².